The van der Waals surface area contributed by atoms with Crippen molar-refractivity contribution in [1.82, 2.24) is 44.9 Å². The Morgan fingerprint density at radius 1 is 0.260 bits per heavy atom. The van der Waals surface area contributed by atoms with Crippen LogP contribution in [-0.2, 0) is 97.8 Å². The molecule has 12 heterocycles. The first kappa shape index (κ1) is 115. The second-order valence-corrected chi connectivity index (χ2v) is 76.2. The molecule has 18 heteroatoms. The van der Waals surface area contributed by atoms with Crippen LogP contribution in [0.2, 0.25) is 51.8 Å². The predicted molar refractivity (Wildman–Crippen MR) is 623 cm³/mol. The molecule has 0 N–H and O–H groups in total. The van der Waals surface area contributed by atoms with Crippen LogP contribution in [0, 0.1) is 66.0 Å². The molecule has 0 aliphatic heterocycles. The minimum Gasteiger partial charge on any atom is -0.486 e. The Bertz CT molecular complexity index is 7780. The summed E-state index contributed by atoms with van der Waals surface area (Å²) in [5.41, 5.74) is 31.0. The summed E-state index contributed by atoms with van der Waals surface area (Å²) in [6.45, 7) is 29.3. The summed E-state index contributed by atoms with van der Waals surface area (Å²) in [7, 11) is 0. The summed E-state index contributed by atoms with van der Waals surface area (Å²) in [5.74, 6) is 25.2. The molecule has 0 atom stereocenters. The molecule has 150 heavy (non-hydrogen) atoms. The van der Waals surface area contributed by atoms with Crippen LogP contribution in [0.25, 0.3) is 167 Å². The number of rotatable bonds is 22. The van der Waals surface area contributed by atoms with Gasteiger partial charge in [0.1, 0.15) is 0 Å². The molecule has 0 saturated heterocycles. The number of hydrogen-bond acceptors (Lipinski definition) is 12. The molecular formula is C132H135Ge3Ir3N9O3-6. The SMILES string of the molecule is CC(C)(C)c1ccnc(-c2[c-]cc3oc4nc(-c5ccccc5)ccc4c3c2)c1.CC(C)Cc1cc(-c2[c-]cccc2)nc[c]1[Ge]([CH3])([CH3])[CH3].CC(C)Cc1cc(-c2[c-]cccc2)nc[c]1[Ge]([CH3])([CH3])[CH3].CC(C)Cc1cc(-c2[c-]cccc2)nc[c]1[Ge]([CH3])([CH3])[CH3].CC(C)Cc1ccnc(-c2[c-]cc3oc4nc(-c5ccccc5)ccc4c3c2)c1.CC(C)Cc1ccnc(-c2[c-]cc3oc4ncc(-c5ccccc5)cc4c3c2)c1.[Ir].[Ir].[Ir]. The topological polar surface area (TPSA) is 155 Å². The average molecular weight is 2690 g/mol. The number of furan rings is 3. The number of aromatic nitrogens is 9. The normalized spacial score (nSPS) is 11.5. The Labute approximate surface area is 936 Å². The molecule has 0 unspecified atom stereocenters. The van der Waals surface area contributed by atoms with Crippen LogP contribution in [0.3, 0.4) is 0 Å². The van der Waals surface area contributed by atoms with Gasteiger partial charge >= 0.3 is 377 Å². The van der Waals surface area contributed by atoms with E-state index in [1.807, 2.05) is 164 Å². The molecule has 21 rings (SSSR count). The van der Waals surface area contributed by atoms with Crippen LogP contribution in [-0.4, -0.2) is 84.7 Å². The standard InChI is InChI=1S/3C26H21N2O.3C18H24GeN.3Ir/c1-26(2,3)19-13-14-27-23(16-19)18-9-12-24-21(15-18)20-10-11-22(28-25(20)29-24)17-7-5-4-6-8-17;1-17(2)14-18-12-13-27-24(15-18)20-8-11-25-22(16-20)21-9-10-23(28-26(21)29-25)19-6-4-3-5-7-19;1-17(2)12-18-10-11-27-24(13-18)20-8-9-25-22(14-20)23-15-21(16-28-26(23)29-25)19-6-4-3-5-7-19;3*1-14(2)11-16-12-18(15-9-7-6-8-10-15)20-13-17(16)19(3,4)5;;;/h4-8,10-16H,1-3H3;3-7,9-13,15-17H,14H2,1-2H3;3-7,9-11,13-17H,12H2,1-2H3;3*6-9,12-14H,11H2,1-5H3;;;/q6*-1;;;. The third kappa shape index (κ3) is 30.2. The summed E-state index contributed by atoms with van der Waals surface area (Å²) in [6, 6.07) is 117. The molecule has 0 fully saturated rings. The Morgan fingerprint density at radius 2 is 0.580 bits per heavy atom. The monoisotopic (exact) mass is 2690 g/mol. The number of hydrogen-bond donors (Lipinski definition) is 0. The predicted octanol–water partition coefficient (Wildman–Crippen LogP) is 33.1. The summed E-state index contributed by atoms with van der Waals surface area (Å²) in [4.78, 5) is 41.8. The Morgan fingerprint density at radius 3 is 0.913 bits per heavy atom. The minimum absolute atomic E-state index is 0. The zero-order valence-electron chi connectivity index (χ0n) is 90.3. The molecule has 771 valence electrons. The van der Waals surface area contributed by atoms with Gasteiger partial charge in [0.05, 0.1) is 28.1 Å². The number of benzene rings is 9. The van der Waals surface area contributed by atoms with E-state index in [0.717, 1.165) is 182 Å². The van der Waals surface area contributed by atoms with Gasteiger partial charge in [-0.1, -0.05) is 185 Å². The van der Waals surface area contributed by atoms with Crippen LogP contribution in [0.15, 0.2) is 342 Å². The van der Waals surface area contributed by atoms with E-state index in [0.29, 0.717) is 46.7 Å². The van der Waals surface area contributed by atoms with Crippen LogP contribution >= 0.6 is 0 Å². The van der Waals surface area contributed by atoms with Gasteiger partial charge < -0.3 is 28.2 Å². The van der Waals surface area contributed by atoms with Gasteiger partial charge in [-0.2, -0.15) is 0 Å². The third-order valence-corrected chi connectivity index (χ3v) is 38.7. The zero-order chi connectivity index (χ0) is 104. The molecule has 12 nitrogen and oxygen atoms in total. The molecule has 9 aromatic carbocycles. The second-order valence-electron chi connectivity index (χ2n) is 44.5. The van der Waals surface area contributed by atoms with Crippen LogP contribution in [0.1, 0.15) is 123 Å². The molecule has 12 aromatic heterocycles. The fourth-order valence-corrected chi connectivity index (χ4v) is 28.5. The third-order valence-electron chi connectivity index (χ3n) is 25.7. The van der Waals surface area contributed by atoms with Gasteiger partial charge in [-0.25, -0.2) is 15.0 Å². The average Bonchev–Trinajstić information content (AvgIpc) is 1.60. The van der Waals surface area contributed by atoms with Crippen molar-refractivity contribution in [1.29, 1.82) is 0 Å². The Balaban J connectivity index is 0.000000151. The van der Waals surface area contributed by atoms with E-state index in [9.17, 15) is 0 Å². The maximum Gasteiger partial charge on any atom is 0.216 e. The van der Waals surface area contributed by atoms with Crippen molar-refractivity contribution >= 4 is 119 Å². The van der Waals surface area contributed by atoms with Crippen molar-refractivity contribution in [3.63, 3.8) is 0 Å². The van der Waals surface area contributed by atoms with Crippen molar-refractivity contribution in [3.05, 3.63) is 398 Å². The Kier molecular flexibility index (Phi) is 40.1. The van der Waals surface area contributed by atoms with Gasteiger partial charge in [-0.15, -0.1) is 71.3 Å². The molecular weight excluding hydrogens is 2550 g/mol. The van der Waals surface area contributed by atoms with Gasteiger partial charge in [0.15, 0.2) is 0 Å². The van der Waals surface area contributed by atoms with Gasteiger partial charge in [0.2, 0.25) is 17.1 Å². The molecule has 3 radical (unpaired) electrons. The smallest absolute Gasteiger partial charge is 0.216 e. The number of nitrogens with zero attached hydrogens (tertiary/aromatic N) is 9. The van der Waals surface area contributed by atoms with E-state index in [2.05, 4.69) is 362 Å². The summed E-state index contributed by atoms with van der Waals surface area (Å²) in [5, 5.41) is 6.13. The summed E-state index contributed by atoms with van der Waals surface area (Å²) < 4.78 is 22.6. The first-order valence-corrected chi connectivity index (χ1v) is 73.7. The van der Waals surface area contributed by atoms with Crippen LogP contribution in [0.4, 0.5) is 0 Å². The fourth-order valence-electron chi connectivity index (χ4n) is 18.5. The second kappa shape index (κ2) is 52.1. The van der Waals surface area contributed by atoms with Gasteiger partial charge in [0.25, 0.3) is 0 Å². The summed E-state index contributed by atoms with van der Waals surface area (Å²) in [6.07, 6.45) is 19.4. The number of fused-ring (bicyclic) bond motifs is 9. The number of pyridine rings is 9. The maximum atomic E-state index is 6.02. The molecule has 0 spiro atoms. The van der Waals surface area contributed by atoms with E-state index in [-0.39, 0.29) is 65.7 Å². The van der Waals surface area contributed by atoms with Crippen molar-refractivity contribution in [2.24, 2.45) is 29.6 Å². The van der Waals surface area contributed by atoms with Crippen molar-refractivity contribution in [3.8, 4) is 101 Å². The quantitative estimate of drug-likeness (QED) is 0.0468. The molecule has 0 bridgehead atoms. The van der Waals surface area contributed by atoms with Crippen LogP contribution in [0.5, 0.6) is 0 Å². The molecule has 0 amide bonds. The largest absolute Gasteiger partial charge is 0.486 e. The van der Waals surface area contributed by atoms with Gasteiger partial charge in [-0.05, 0) is 107 Å². The van der Waals surface area contributed by atoms with E-state index in [4.69, 9.17) is 38.2 Å². The van der Waals surface area contributed by atoms with E-state index < -0.39 is 39.8 Å². The summed E-state index contributed by atoms with van der Waals surface area (Å²) >= 11 is -5.57. The first-order chi connectivity index (χ1) is 70.5. The minimum atomic E-state index is -1.86. The zero-order valence-corrected chi connectivity index (χ0v) is 104. The molecule has 21 aromatic rings. The van der Waals surface area contributed by atoms with E-state index in [1.165, 1.54) is 33.4 Å². The van der Waals surface area contributed by atoms with Crippen molar-refractivity contribution < 1.29 is 73.6 Å². The first-order valence-electron chi connectivity index (χ1n) is 51.6. The van der Waals surface area contributed by atoms with Crippen molar-refractivity contribution in [2.75, 3.05) is 0 Å². The Hall–Kier alpha value is -11.7. The van der Waals surface area contributed by atoms with Gasteiger partial charge in [0, 0.05) is 118 Å². The van der Waals surface area contributed by atoms with Crippen LogP contribution < -0.4 is 13.2 Å². The molecule has 0 saturated carbocycles. The molecule has 0 aliphatic carbocycles. The fraction of sp³-hybridized carbons (Fsp3) is 0.250. The molecule has 0 aliphatic rings. The van der Waals surface area contributed by atoms with Gasteiger partial charge in [-0.3, -0.25) is 0 Å². The van der Waals surface area contributed by atoms with E-state index >= 15 is 0 Å². The maximum absolute atomic E-state index is 6.02. The van der Waals surface area contributed by atoms with E-state index in [1.54, 1.807) is 13.2 Å². The van der Waals surface area contributed by atoms with Crippen molar-refractivity contribution in [2.45, 2.75) is 179 Å².